The number of aryl methyl sites for hydroxylation is 3. The summed E-state index contributed by atoms with van der Waals surface area (Å²) in [7, 11) is 3.38. The van der Waals surface area contributed by atoms with Crippen molar-refractivity contribution in [2.45, 2.75) is 52.0 Å². The van der Waals surface area contributed by atoms with Gasteiger partial charge in [0.2, 0.25) is 17.8 Å². The van der Waals surface area contributed by atoms with Crippen LogP contribution in [0.2, 0.25) is 0 Å². The van der Waals surface area contributed by atoms with E-state index in [1.54, 1.807) is 49.4 Å². The minimum absolute atomic E-state index is 0.110. The number of nitrogens with two attached hydrogens (primary N) is 1. The van der Waals surface area contributed by atoms with Crippen LogP contribution in [0.3, 0.4) is 0 Å². The lowest BCUT2D eigenvalue weighted by molar-refractivity contribution is -0.170. The Bertz CT molecular complexity index is 1340. The van der Waals surface area contributed by atoms with E-state index in [0.29, 0.717) is 18.2 Å². The SMILES string of the molecule is CC[C@@H](CC(=O)N1C(=O)[C@H](Cc2ccnc(N)c2)[C@H]1C(=O)N(C)c1nccn1C)c1ccc(C)nc1C. The number of pyridine rings is 2. The molecule has 0 saturated carbocycles. The highest BCUT2D eigenvalue weighted by atomic mass is 16.2. The summed E-state index contributed by atoms with van der Waals surface area (Å²) < 4.78 is 1.71. The number of imidazole rings is 1. The molecule has 3 amide bonds. The van der Waals surface area contributed by atoms with E-state index in [1.165, 1.54) is 4.90 Å². The third kappa shape index (κ3) is 5.09. The lowest BCUT2D eigenvalue weighted by atomic mass is 9.80. The van der Waals surface area contributed by atoms with Gasteiger partial charge in [-0.25, -0.2) is 9.97 Å². The smallest absolute Gasteiger partial charge is 0.253 e. The van der Waals surface area contributed by atoms with Gasteiger partial charge < -0.3 is 10.3 Å². The highest BCUT2D eigenvalue weighted by Crippen LogP contribution is 2.35. The number of carbonyl (C=O) groups is 3. The predicted molar refractivity (Wildman–Crippen MR) is 139 cm³/mol. The quantitative estimate of drug-likeness (QED) is 0.468. The second-order valence-corrected chi connectivity index (χ2v) is 9.62. The van der Waals surface area contributed by atoms with Gasteiger partial charge in [0.25, 0.3) is 5.91 Å². The molecule has 3 aromatic rings. The molecule has 1 fully saturated rings. The first kappa shape index (κ1) is 26.0. The van der Waals surface area contributed by atoms with Crippen LogP contribution in [0.1, 0.15) is 48.2 Å². The average molecular weight is 504 g/mol. The van der Waals surface area contributed by atoms with E-state index in [2.05, 4.69) is 15.0 Å². The molecule has 0 radical (unpaired) electrons. The van der Waals surface area contributed by atoms with Gasteiger partial charge in [-0.3, -0.25) is 29.2 Å². The molecule has 37 heavy (non-hydrogen) atoms. The Morgan fingerprint density at radius 2 is 1.92 bits per heavy atom. The van der Waals surface area contributed by atoms with Crippen molar-refractivity contribution in [2.24, 2.45) is 13.0 Å². The highest BCUT2D eigenvalue weighted by Gasteiger charge is 2.55. The van der Waals surface area contributed by atoms with E-state index in [-0.39, 0.29) is 36.5 Å². The summed E-state index contributed by atoms with van der Waals surface area (Å²) >= 11 is 0. The van der Waals surface area contributed by atoms with E-state index in [0.717, 1.165) is 27.4 Å². The number of aromatic nitrogens is 4. The molecule has 1 aliphatic rings. The lowest BCUT2D eigenvalue weighted by Crippen LogP contribution is -2.69. The maximum Gasteiger partial charge on any atom is 0.253 e. The molecule has 0 aliphatic carbocycles. The number of nitrogen functional groups attached to an aromatic ring is 1. The van der Waals surface area contributed by atoms with Crippen molar-refractivity contribution in [1.29, 1.82) is 0 Å². The van der Waals surface area contributed by atoms with Gasteiger partial charge in [-0.05, 0) is 61.9 Å². The summed E-state index contributed by atoms with van der Waals surface area (Å²) in [6.45, 7) is 5.85. The van der Waals surface area contributed by atoms with Crippen LogP contribution in [-0.4, -0.2) is 55.2 Å². The summed E-state index contributed by atoms with van der Waals surface area (Å²) in [6.07, 6.45) is 5.98. The fraction of sp³-hybridized carbons (Fsp3) is 0.407. The van der Waals surface area contributed by atoms with Crippen LogP contribution in [0, 0.1) is 19.8 Å². The number of likely N-dealkylation sites (tertiary alicyclic amines) is 1. The molecule has 1 saturated heterocycles. The van der Waals surface area contributed by atoms with Crippen molar-refractivity contribution in [3.8, 4) is 0 Å². The molecule has 2 N–H and O–H groups in total. The fourth-order valence-electron chi connectivity index (χ4n) is 5.07. The maximum atomic E-state index is 13.7. The number of likely N-dealkylation sites (N-methyl/N-ethyl adjacent to an activating group) is 1. The third-order valence-corrected chi connectivity index (χ3v) is 7.08. The zero-order chi connectivity index (χ0) is 26.9. The normalized spacial score (nSPS) is 17.9. The second-order valence-electron chi connectivity index (χ2n) is 9.62. The number of rotatable bonds is 8. The van der Waals surface area contributed by atoms with Gasteiger partial charge in [0.1, 0.15) is 11.9 Å². The van der Waals surface area contributed by atoms with Gasteiger partial charge in [-0.1, -0.05) is 13.0 Å². The van der Waals surface area contributed by atoms with E-state index < -0.39 is 12.0 Å². The van der Waals surface area contributed by atoms with Crippen molar-refractivity contribution >= 4 is 29.5 Å². The number of amides is 3. The molecule has 1 aliphatic heterocycles. The molecule has 3 aromatic heterocycles. The lowest BCUT2D eigenvalue weighted by Gasteiger charge is -2.46. The number of carbonyl (C=O) groups excluding carboxylic acids is 3. The summed E-state index contributed by atoms with van der Waals surface area (Å²) in [5.74, 6) is -1.14. The van der Waals surface area contributed by atoms with Gasteiger partial charge in [-0.2, -0.15) is 0 Å². The third-order valence-electron chi connectivity index (χ3n) is 7.08. The number of anilines is 2. The van der Waals surface area contributed by atoms with Gasteiger partial charge in [0, 0.05) is 50.5 Å². The van der Waals surface area contributed by atoms with E-state index in [4.69, 9.17) is 5.73 Å². The molecule has 4 heterocycles. The van der Waals surface area contributed by atoms with Gasteiger partial charge in [-0.15, -0.1) is 0 Å². The molecule has 10 nitrogen and oxygen atoms in total. The van der Waals surface area contributed by atoms with Crippen molar-refractivity contribution in [1.82, 2.24) is 24.4 Å². The van der Waals surface area contributed by atoms with Crippen molar-refractivity contribution in [2.75, 3.05) is 17.7 Å². The fourth-order valence-corrected chi connectivity index (χ4v) is 5.07. The molecular formula is C27H33N7O3. The molecule has 0 aromatic carbocycles. The number of β-lactam (4-membered cyclic amide) rings is 1. The van der Waals surface area contributed by atoms with Crippen LogP contribution in [-0.2, 0) is 27.9 Å². The first-order chi connectivity index (χ1) is 17.6. The van der Waals surface area contributed by atoms with Gasteiger partial charge in [0.15, 0.2) is 0 Å². The maximum absolute atomic E-state index is 13.7. The van der Waals surface area contributed by atoms with Crippen molar-refractivity contribution < 1.29 is 14.4 Å². The van der Waals surface area contributed by atoms with Gasteiger partial charge >= 0.3 is 0 Å². The summed E-state index contributed by atoms with van der Waals surface area (Å²) in [5, 5.41) is 0. The summed E-state index contributed by atoms with van der Waals surface area (Å²) in [6, 6.07) is 6.42. The van der Waals surface area contributed by atoms with Gasteiger partial charge in [0.05, 0.1) is 5.92 Å². The Hall–Kier alpha value is -4.08. The predicted octanol–water partition coefficient (Wildman–Crippen LogP) is 2.55. The van der Waals surface area contributed by atoms with Crippen LogP contribution >= 0.6 is 0 Å². The zero-order valence-electron chi connectivity index (χ0n) is 21.9. The van der Waals surface area contributed by atoms with E-state index in [9.17, 15) is 14.4 Å². The first-order valence-electron chi connectivity index (χ1n) is 12.4. The molecule has 10 heteroatoms. The first-order valence-corrected chi connectivity index (χ1v) is 12.4. The van der Waals surface area contributed by atoms with Crippen LogP contribution in [0.15, 0.2) is 42.9 Å². The van der Waals surface area contributed by atoms with Crippen molar-refractivity contribution in [3.05, 3.63) is 65.4 Å². The van der Waals surface area contributed by atoms with E-state index in [1.807, 2.05) is 32.9 Å². The molecule has 194 valence electrons. The second kappa shape index (κ2) is 10.5. The molecule has 0 spiro atoms. The average Bonchev–Trinajstić information content (AvgIpc) is 3.29. The standard InChI is InChI=1S/C27H33N7O3/c1-6-19(20-8-7-16(2)31-17(20)3)15-23(35)34-24(26(37)33(5)27-30-11-12-32(27)4)21(25(34)36)13-18-9-10-29-22(28)14-18/h7-12,14,19,21,24H,6,13,15H2,1-5H3,(H2,28,29)/t19-,21+,24-/m0/s1. The number of nitrogens with zero attached hydrogens (tertiary/aromatic N) is 6. The number of hydrogen-bond donors (Lipinski definition) is 1. The molecule has 0 unspecified atom stereocenters. The van der Waals surface area contributed by atoms with E-state index >= 15 is 0 Å². The molecular weight excluding hydrogens is 470 g/mol. The van der Waals surface area contributed by atoms with Crippen LogP contribution in [0.5, 0.6) is 0 Å². The molecule has 4 rings (SSSR count). The van der Waals surface area contributed by atoms with Crippen molar-refractivity contribution in [3.63, 3.8) is 0 Å². The molecule has 0 bridgehead atoms. The highest BCUT2D eigenvalue weighted by molar-refractivity contribution is 6.12. The summed E-state index contributed by atoms with van der Waals surface area (Å²) in [4.78, 5) is 55.9. The summed E-state index contributed by atoms with van der Waals surface area (Å²) in [5.41, 5.74) is 9.35. The van der Waals surface area contributed by atoms with Crippen LogP contribution in [0.4, 0.5) is 11.8 Å². The Kier molecular flexibility index (Phi) is 7.37. The minimum atomic E-state index is -0.939. The Labute approximate surface area is 216 Å². The zero-order valence-corrected chi connectivity index (χ0v) is 21.9. The Morgan fingerprint density at radius 1 is 1.16 bits per heavy atom. The molecule has 3 atom stereocenters. The largest absolute Gasteiger partial charge is 0.384 e. The Morgan fingerprint density at radius 3 is 2.54 bits per heavy atom. The monoisotopic (exact) mass is 503 g/mol. The minimum Gasteiger partial charge on any atom is -0.384 e. The number of hydrogen-bond acceptors (Lipinski definition) is 7. The van der Waals surface area contributed by atoms with Crippen LogP contribution < -0.4 is 10.6 Å². The Balaban J connectivity index is 1.61. The van der Waals surface area contributed by atoms with Crippen LogP contribution in [0.25, 0.3) is 0 Å². The number of imide groups is 1. The topological polar surface area (TPSA) is 127 Å².